The van der Waals surface area contributed by atoms with E-state index < -0.39 is 11.9 Å². The van der Waals surface area contributed by atoms with E-state index in [4.69, 9.17) is 14.2 Å². The van der Waals surface area contributed by atoms with Crippen LogP contribution in [-0.2, 0) is 9.53 Å². The second-order valence-corrected chi connectivity index (χ2v) is 7.64. The van der Waals surface area contributed by atoms with E-state index in [-0.39, 0.29) is 6.61 Å². The van der Waals surface area contributed by atoms with Crippen molar-refractivity contribution in [1.29, 1.82) is 0 Å². The number of hydrogen-bond acceptors (Lipinski definition) is 5. The van der Waals surface area contributed by atoms with Gasteiger partial charge in [-0.1, -0.05) is 49.6 Å². The third kappa shape index (κ3) is 8.21. The van der Waals surface area contributed by atoms with Crippen LogP contribution >= 0.6 is 0 Å². The lowest BCUT2D eigenvalue weighted by atomic mass is 10.0. The number of unbranched alkanes of at least 4 members (excludes halogenated alkanes) is 1. The molecule has 0 aromatic heterocycles. The lowest BCUT2D eigenvalue weighted by Gasteiger charge is -2.08. The van der Waals surface area contributed by atoms with Gasteiger partial charge in [-0.15, -0.1) is 0 Å². The van der Waals surface area contributed by atoms with E-state index in [0.29, 0.717) is 30.1 Å². The molecule has 0 radical (unpaired) electrons. The highest BCUT2D eigenvalue weighted by Gasteiger charge is 2.09. The summed E-state index contributed by atoms with van der Waals surface area (Å²) in [6, 6.07) is 22.2. The first-order chi connectivity index (χ1) is 17.1. The highest BCUT2D eigenvalue weighted by molar-refractivity contribution is 5.91. The monoisotopic (exact) mass is 468 g/mol. The van der Waals surface area contributed by atoms with Crippen molar-refractivity contribution < 1.29 is 23.8 Å². The van der Waals surface area contributed by atoms with Gasteiger partial charge in [0.25, 0.3) is 0 Å². The fraction of sp³-hybridized carbons (Fsp3) is 0.200. The molecule has 0 amide bonds. The van der Waals surface area contributed by atoms with Crippen molar-refractivity contribution in [2.75, 3.05) is 13.2 Å². The van der Waals surface area contributed by atoms with E-state index in [1.165, 1.54) is 0 Å². The molecule has 3 aromatic carbocycles. The van der Waals surface area contributed by atoms with Gasteiger partial charge in [-0.25, -0.2) is 9.59 Å². The van der Waals surface area contributed by atoms with Crippen LogP contribution in [0, 0.1) is 11.8 Å². The molecule has 0 fully saturated rings. The van der Waals surface area contributed by atoms with Crippen LogP contribution in [-0.4, -0.2) is 25.2 Å². The van der Waals surface area contributed by atoms with Gasteiger partial charge in [-0.3, -0.25) is 0 Å². The first-order valence-corrected chi connectivity index (χ1v) is 11.5. The minimum Gasteiger partial charge on any atom is -0.493 e. The summed E-state index contributed by atoms with van der Waals surface area (Å²) in [5.41, 5.74) is 3.51. The van der Waals surface area contributed by atoms with Crippen LogP contribution < -0.4 is 9.47 Å². The molecule has 0 unspecified atom stereocenters. The third-order valence-electron chi connectivity index (χ3n) is 4.95. The Balaban J connectivity index is 1.49. The van der Waals surface area contributed by atoms with Crippen molar-refractivity contribution in [2.45, 2.75) is 26.2 Å². The van der Waals surface area contributed by atoms with Crippen LogP contribution in [0.4, 0.5) is 0 Å². The van der Waals surface area contributed by atoms with Gasteiger partial charge in [0.05, 0.1) is 18.8 Å². The molecule has 3 rings (SSSR count). The Kier molecular flexibility index (Phi) is 9.71. The van der Waals surface area contributed by atoms with Crippen molar-refractivity contribution in [1.82, 2.24) is 0 Å². The molecule has 0 saturated carbocycles. The second kappa shape index (κ2) is 13.4. The van der Waals surface area contributed by atoms with Crippen molar-refractivity contribution in [3.8, 4) is 34.5 Å². The molecule has 0 bridgehead atoms. The molecule has 0 aliphatic rings. The fourth-order valence-electron chi connectivity index (χ4n) is 3.08. The predicted molar refractivity (Wildman–Crippen MR) is 136 cm³/mol. The summed E-state index contributed by atoms with van der Waals surface area (Å²) in [4.78, 5) is 23.5. The van der Waals surface area contributed by atoms with Crippen molar-refractivity contribution in [3.63, 3.8) is 0 Å². The van der Waals surface area contributed by atoms with Gasteiger partial charge in [0.15, 0.2) is 0 Å². The fourth-order valence-corrected chi connectivity index (χ4v) is 3.08. The van der Waals surface area contributed by atoms with E-state index in [9.17, 15) is 9.59 Å². The largest absolute Gasteiger partial charge is 0.493 e. The minimum absolute atomic E-state index is 0.257. The van der Waals surface area contributed by atoms with Gasteiger partial charge in [0.2, 0.25) is 0 Å². The zero-order chi connectivity index (χ0) is 24.9. The minimum atomic E-state index is -0.454. The highest BCUT2D eigenvalue weighted by Crippen LogP contribution is 2.23. The SMILES string of the molecule is C=CC(=O)OCCCOc1ccc(C(=O)Oc2ccc(-c3ccc(C#CCCC)cc3)cc2)cc1. The summed E-state index contributed by atoms with van der Waals surface area (Å²) in [5.74, 6) is 6.49. The first-order valence-electron chi connectivity index (χ1n) is 11.5. The average Bonchev–Trinajstić information content (AvgIpc) is 2.89. The van der Waals surface area contributed by atoms with Gasteiger partial charge in [-0.05, 0) is 66.1 Å². The van der Waals surface area contributed by atoms with E-state index in [1.54, 1.807) is 36.4 Å². The summed E-state index contributed by atoms with van der Waals surface area (Å²) in [5, 5.41) is 0. The first kappa shape index (κ1) is 25.3. The van der Waals surface area contributed by atoms with Crippen molar-refractivity contribution in [3.05, 3.63) is 96.6 Å². The smallest absolute Gasteiger partial charge is 0.343 e. The highest BCUT2D eigenvalue weighted by atomic mass is 16.5. The van der Waals surface area contributed by atoms with E-state index in [0.717, 1.165) is 35.6 Å². The molecular weight excluding hydrogens is 440 g/mol. The van der Waals surface area contributed by atoms with E-state index >= 15 is 0 Å². The van der Waals surface area contributed by atoms with Gasteiger partial charge >= 0.3 is 11.9 Å². The molecule has 0 aliphatic heterocycles. The molecule has 0 spiro atoms. The lowest BCUT2D eigenvalue weighted by molar-refractivity contribution is -0.137. The molecular formula is C30H28O5. The van der Waals surface area contributed by atoms with Gasteiger partial charge in [0.1, 0.15) is 11.5 Å². The molecule has 0 N–H and O–H groups in total. The Labute approximate surface area is 206 Å². The molecule has 0 saturated heterocycles. The molecule has 0 aliphatic carbocycles. The van der Waals surface area contributed by atoms with E-state index in [1.807, 2.05) is 36.4 Å². The molecule has 5 nitrogen and oxygen atoms in total. The van der Waals surface area contributed by atoms with Crippen molar-refractivity contribution >= 4 is 11.9 Å². The Morgan fingerprint density at radius 1 is 0.857 bits per heavy atom. The number of hydrogen-bond donors (Lipinski definition) is 0. The molecule has 35 heavy (non-hydrogen) atoms. The quantitative estimate of drug-likeness (QED) is 0.116. The molecule has 0 heterocycles. The summed E-state index contributed by atoms with van der Waals surface area (Å²) in [6.07, 6.45) is 3.63. The van der Waals surface area contributed by atoms with E-state index in [2.05, 4.69) is 25.3 Å². The standard InChI is InChI=1S/C30H28O5/c1-3-5-6-8-23-9-11-24(12-10-23)25-13-19-28(20-14-25)35-30(32)26-15-17-27(18-16-26)33-21-7-22-34-29(31)4-2/h4,9-20H,2-3,5,7,21-22H2,1H3. The maximum atomic E-state index is 12.5. The number of rotatable bonds is 10. The number of esters is 2. The van der Waals surface area contributed by atoms with Gasteiger partial charge in [0, 0.05) is 24.5 Å². The molecule has 5 heteroatoms. The maximum absolute atomic E-state index is 12.5. The summed E-state index contributed by atoms with van der Waals surface area (Å²) in [6.45, 7) is 6.09. The lowest BCUT2D eigenvalue weighted by Crippen LogP contribution is -2.09. The van der Waals surface area contributed by atoms with Crippen LogP contribution in [0.15, 0.2) is 85.5 Å². The van der Waals surface area contributed by atoms with Crippen LogP contribution in [0.2, 0.25) is 0 Å². The summed E-state index contributed by atoms with van der Waals surface area (Å²) in [7, 11) is 0. The van der Waals surface area contributed by atoms with Gasteiger partial charge in [-0.2, -0.15) is 0 Å². The predicted octanol–water partition coefficient (Wildman–Crippen LogP) is 6.22. The molecule has 3 aromatic rings. The second-order valence-electron chi connectivity index (χ2n) is 7.64. The molecule has 178 valence electrons. The zero-order valence-corrected chi connectivity index (χ0v) is 19.8. The van der Waals surface area contributed by atoms with Crippen LogP contribution in [0.3, 0.4) is 0 Å². The van der Waals surface area contributed by atoms with Crippen LogP contribution in [0.1, 0.15) is 42.1 Å². The Bertz CT molecular complexity index is 1180. The maximum Gasteiger partial charge on any atom is 0.343 e. The van der Waals surface area contributed by atoms with Crippen molar-refractivity contribution in [2.24, 2.45) is 0 Å². The van der Waals surface area contributed by atoms with Gasteiger partial charge < -0.3 is 14.2 Å². The topological polar surface area (TPSA) is 61.8 Å². The Hall–Kier alpha value is -4.30. The van der Waals surface area contributed by atoms with Crippen LogP contribution in [0.5, 0.6) is 11.5 Å². The number of ether oxygens (including phenoxy) is 3. The number of benzene rings is 3. The summed E-state index contributed by atoms with van der Waals surface area (Å²) >= 11 is 0. The van der Waals surface area contributed by atoms with Crippen LogP contribution in [0.25, 0.3) is 11.1 Å². The Morgan fingerprint density at radius 3 is 2.11 bits per heavy atom. The normalized spacial score (nSPS) is 9.97. The third-order valence-corrected chi connectivity index (χ3v) is 4.95. The Morgan fingerprint density at radius 2 is 1.49 bits per heavy atom. The average molecular weight is 469 g/mol. The molecule has 0 atom stereocenters. The summed E-state index contributed by atoms with van der Waals surface area (Å²) < 4.78 is 16.0. The zero-order valence-electron chi connectivity index (χ0n) is 19.8. The number of carbonyl (C=O) groups is 2. The number of carbonyl (C=O) groups excluding carboxylic acids is 2.